The van der Waals surface area contributed by atoms with E-state index in [1.807, 2.05) is 0 Å². The lowest BCUT2D eigenvalue weighted by Gasteiger charge is -2.20. The zero-order valence-corrected chi connectivity index (χ0v) is 7.80. The molecule has 0 bridgehead atoms. The molecule has 0 aromatic rings. The Labute approximate surface area is 79.6 Å². The molecule has 1 aliphatic carbocycles. The summed E-state index contributed by atoms with van der Waals surface area (Å²) in [6.07, 6.45) is 1.32. The minimum absolute atomic E-state index is 0.249. The molecule has 0 saturated heterocycles. The van der Waals surface area contributed by atoms with Gasteiger partial charge < -0.3 is 5.21 Å². The summed E-state index contributed by atoms with van der Waals surface area (Å²) < 4.78 is 0. The van der Waals surface area contributed by atoms with Crippen molar-refractivity contribution in [2.24, 2.45) is 5.16 Å². The van der Waals surface area contributed by atoms with Gasteiger partial charge in [-0.3, -0.25) is 4.79 Å². The van der Waals surface area contributed by atoms with E-state index in [2.05, 4.69) is 5.16 Å². The van der Waals surface area contributed by atoms with E-state index in [1.54, 1.807) is 6.92 Å². The number of ketones is 1. The van der Waals surface area contributed by atoms with E-state index in [0.29, 0.717) is 5.57 Å². The first-order valence-electron chi connectivity index (χ1n) is 3.30. The van der Waals surface area contributed by atoms with Gasteiger partial charge in [0.05, 0.1) is 0 Å². The number of halogens is 2. The van der Waals surface area contributed by atoms with E-state index in [4.69, 9.17) is 28.4 Å². The second-order valence-electron chi connectivity index (χ2n) is 2.52. The molecule has 2 unspecified atom stereocenters. The number of oxime groups is 1. The normalized spacial score (nSPS) is 33.8. The molecule has 1 rings (SSSR count). The molecule has 12 heavy (non-hydrogen) atoms. The third-order valence-corrected chi connectivity index (χ3v) is 2.72. The van der Waals surface area contributed by atoms with Gasteiger partial charge in [0.2, 0.25) is 0 Å². The SMILES string of the molecule is CC1=CC(=O)C(Cl)C(Cl)/C1=N\O. The first kappa shape index (κ1) is 9.55. The fraction of sp³-hybridized carbons (Fsp3) is 0.429. The van der Waals surface area contributed by atoms with Crippen LogP contribution in [-0.2, 0) is 4.79 Å². The first-order valence-corrected chi connectivity index (χ1v) is 4.18. The third-order valence-electron chi connectivity index (χ3n) is 1.66. The highest BCUT2D eigenvalue weighted by Gasteiger charge is 2.33. The highest BCUT2D eigenvalue weighted by Crippen LogP contribution is 2.22. The molecule has 0 aliphatic heterocycles. The Balaban J connectivity index is 3.08. The van der Waals surface area contributed by atoms with Gasteiger partial charge in [-0.15, -0.1) is 23.2 Å². The molecule has 1 N–H and O–H groups in total. The number of carbonyl (C=O) groups is 1. The van der Waals surface area contributed by atoms with Gasteiger partial charge in [-0.25, -0.2) is 0 Å². The Morgan fingerprint density at radius 2 is 2.08 bits per heavy atom. The van der Waals surface area contributed by atoms with Crippen molar-refractivity contribution in [3.8, 4) is 0 Å². The van der Waals surface area contributed by atoms with Crippen molar-refractivity contribution in [2.45, 2.75) is 17.7 Å². The average molecular weight is 208 g/mol. The smallest absolute Gasteiger partial charge is 0.175 e. The largest absolute Gasteiger partial charge is 0.411 e. The summed E-state index contributed by atoms with van der Waals surface area (Å²) >= 11 is 11.4. The standard InChI is InChI=1S/C7H7Cl2NO2/c1-3-2-4(11)5(8)6(9)7(3)10-12/h2,5-6,12H,1H3/b10-7-. The Morgan fingerprint density at radius 3 is 2.58 bits per heavy atom. The van der Waals surface area contributed by atoms with Crippen LogP contribution in [0.15, 0.2) is 16.8 Å². The van der Waals surface area contributed by atoms with E-state index in [0.717, 1.165) is 0 Å². The summed E-state index contributed by atoms with van der Waals surface area (Å²) in [5, 5.41) is 9.93. The molecular weight excluding hydrogens is 201 g/mol. The number of hydrogen-bond acceptors (Lipinski definition) is 3. The van der Waals surface area contributed by atoms with Gasteiger partial charge in [0.25, 0.3) is 0 Å². The van der Waals surface area contributed by atoms with Gasteiger partial charge in [0.15, 0.2) is 5.78 Å². The maximum absolute atomic E-state index is 11.0. The van der Waals surface area contributed by atoms with Crippen molar-refractivity contribution < 1.29 is 10.0 Å². The van der Waals surface area contributed by atoms with Crippen LogP contribution in [0, 0.1) is 0 Å². The molecule has 66 valence electrons. The van der Waals surface area contributed by atoms with Crippen LogP contribution < -0.4 is 0 Å². The van der Waals surface area contributed by atoms with Crippen molar-refractivity contribution in [3.63, 3.8) is 0 Å². The fourth-order valence-corrected chi connectivity index (χ4v) is 1.52. The van der Waals surface area contributed by atoms with E-state index in [9.17, 15) is 4.79 Å². The third kappa shape index (κ3) is 1.47. The Kier molecular flexibility index (Phi) is 2.75. The van der Waals surface area contributed by atoms with E-state index in [1.165, 1.54) is 6.08 Å². The summed E-state index contributed by atoms with van der Waals surface area (Å²) in [6.45, 7) is 1.64. The van der Waals surface area contributed by atoms with Crippen molar-refractivity contribution in [1.82, 2.24) is 0 Å². The highest BCUT2D eigenvalue weighted by atomic mass is 35.5. The summed E-state index contributed by atoms with van der Waals surface area (Å²) in [5.74, 6) is -0.249. The number of nitrogens with zero attached hydrogens (tertiary/aromatic N) is 1. The molecule has 0 fully saturated rings. The van der Waals surface area contributed by atoms with Crippen LogP contribution in [-0.4, -0.2) is 27.5 Å². The molecular formula is C7H7Cl2NO2. The van der Waals surface area contributed by atoms with Crippen LogP contribution in [0.5, 0.6) is 0 Å². The summed E-state index contributed by atoms with van der Waals surface area (Å²) in [5.41, 5.74) is 0.815. The lowest BCUT2D eigenvalue weighted by Crippen LogP contribution is -2.36. The van der Waals surface area contributed by atoms with E-state index >= 15 is 0 Å². The van der Waals surface area contributed by atoms with Gasteiger partial charge in [-0.05, 0) is 18.6 Å². The summed E-state index contributed by atoms with van der Waals surface area (Å²) in [7, 11) is 0. The van der Waals surface area contributed by atoms with Crippen LogP contribution in [0.1, 0.15) is 6.92 Å². The number of carbonyl (C=O) groups excluding carboxylic acids is 1. The Hall–Kier alpha value is -0.540. The number of allylic oxidation sites excluding steroid dienone is 2. The van der Waals surface area contributed by atoms with Crippen molar-refractivity contribution in [1.29, 1.82) is 0 Å². The van der Waals surface area contributed by atoms with E-state index < -0.39 is 10.8 Å². The Morgan fingerprint density at radius 1 is 1.50 bits per heavy atom. The summed E-state index contributed by atoms with van der Waals surface area (Å²) in [6, 6.07) is 0. The van der Waals surface area contributed by atoms with Gasteiger partial charge in [0, 0.05) is 0 Å². The van der Waals surface area contributed by atoms with Gasteiger partial charge >= 0.3 is 0 Å². The first-order chi connectivity index (χ1) is 5.57. The molecule has 0 heterocycles. The second kappa shape index (κ2) is 3.46. The predicted molar refractivity (Wildman–Crippen MR) is 47.3 cm³/mol. The minimum atomic E-state index is -0.832. The molecule has 0 amide bonds. The zero-order chi connectivity index (χ0) is 9.30. The molecule has 0 spiro atoms. The molecule has 0 saturated carbocycles. The Bertz CT molecular complexity index is 273. The van der Waals surface area contributed by atoms with Crippen molar-refractivity contribution in [3.05, 3.63) is 11.6 Å². The van der Waals surface area contributed by atoms with Crippen molar-refractivity contribution >= 4 is 34.7 Å². The number of hydrogen-bond donors (Lipinski definition) is 1. The van der Waals surface area contributed by atoms with Crippen LogP contribution >= 0.6 is 23.2 Å². The second-order valence-corrected chi connectivity index (χ2v) is 3.46. The van der Waals surface area contributed by atoms with Crippen LogP contribution in [0.25, 0.3) is 0 Å². The lowest BCUT2D eigenvalue weighted by atomic mass is 9.97. The van der Waals surface area contributed by atoms with Gasteiger partial charge in [0.1, 0.15) is 16.5 Å². The molecule has 2 atom stereocenters. The fourth-order valence-electron chi connectivity index (χ4n) is 1.00. The quantitative estimate of drug-likeness (QED) is 0.373. The number of rotatable bonds is 0. The molecule has 3 nitrogen and oxygen atoms in total. The predicted octanol–water partition coefficient (Wildman–Crippen LogP) is 1.56. The van der Waals surface area contributed by atoms with E-state index in [-0.39, 0.29) is 11.5 Å². The monoisotopic (exact) mass is 207 g/mol. The van der Waals surface area contributed by atoms with Gasteiger partial charge in [-0.1, -0.05) is 5.16 Å². The topological polar surface area (TPSA) is 49.7 Å². The van der Waals surface area contributed by atoms with Gasteiger partial charge in [-0.2, -0.15) is 0 Å². The minimum Gasteiger partial charge on any atom is -0.411 e. The molecule has 5 heteroatoms. The average Bonchev–Trinajstić information content (AvgIpc) is 2.01. The lowest BCUT2D eigenvalue weighted by molar-refractivity contribution is -0.114. The van der Waals surface area contributed by atoms with Crippen LogP contribution in [0.4, 0.5) is 0 Å². The highest BCUT2D eigenvalue weighted by molar-refractivity contribution is 6.48. The van der Waals surface area contributed by atoms with Crippen LogP contribution in [0.2, 0.25) is 0 Å². The summed E-state index contributed by atoms with van der Waals surface area (Å²) in [4.78, 5) is 11.0. The van der Waals surface area contributed by atoms with Crippen LogP contribution in [0.3, 0.4) is 0 Å². The maximum atomic E-state index is 11.0. The zero-order valence-electron chi connectivity index (χ0n) is 6.29. The molecule has 0 aromatic carbocycles. The van der Waals surface area contributed by atoms with Crippen molar-refractivity contribution in [2.75, 3.05) is 0 Å². The maximum Gasteiger partial charge on any atom is 0.175 e. The molecule has 0 aromatic heterocycles. The molecule has 0 radical (unpaired) electrons. The molecule has 1 aliphatic rings. The number of alkyl halides is 2.